The van der Waals surface area contributed by atoms with Gasteiger partial charge in [0.15, 0.2) is 0 Å². The number of ketones is 1. The van der Waals surface area contributed by atoms with Gasteiger partial charge in [0.2, 0.25) is 0 Å². The van der Waals surface area contributed by atoms with Gasteiger partial charge < -0.3 is 14.7 Å². The summed E-state index contributed by atoms with van der Waals surface area (Å²) in [6, 6.07) is 24.0. The third kappa shape index (κ3) is 6.99. The van der Waals surface area contributed by atoms with E-state index in [9.17, 15) is 14.0 Å². The Labute approximate surface area is 271 Å². The summed E-state index contributed by atoms with van der Waals surface area (Å²) in [6.07, 6.45) is 7.47. The van der Waals surface area contributed by atoms with Gasteiger partial charge in [0, 0.05) is 46.3 Å². The second kappa shape index (κ2) is 13.8. The highest BCUT2D eigenvalue weighted by molar-refractivity contribution is 6.04. The number of furan rings is 1. The Balaban J connectivity index is 0.000000230. The summed E-state index contributed by atoms with van der Waals surface area (Å²) in [4.78, 5) is 36.8. The first-order chi connectivity index (χ1) is 22.8. The van der Waals surface area contributed by atoms with Gasteiger partial charge in [-0.05, 0) is 61.2 Å². The topological polar surface area (TPSA) is 106 Å². The van der Waals surface area contributed by atoms with Crippen molar-refractivity contribution in [3.63, 3.8) is 0 Å². The summed E-state index contributed by atoms with van der Waals surface area (Å²) in [5.41, 5.74) is 4.95. The Morgan fingerprint density at radius 1 is 1.00 bits per heavy atom. The lowest BCUT2D eigenvalue weighted by Crippen LogP contribution is -2.28. The molecule has 0 bridgehead atoms. The van der Waals surface area contributed by atoms with E-state index in [1.54, 1.807) is 12.1 Å². The smallest absolute Gasteiger partial charge is 0.277 e. The highest BCUT2D eigenvalue weighted by Gasteiger charge is 2.16. The van der Waals surface area contributed by atoms with E-state index in [0.717, 1.165) is 39.8 Å². The zero-order chi connectivity index (χ0) is 32.9. The van der Waals surface area contributed by atoms with Gasteiger partial charge in [0.05, 0.1) is 18.3 Å². The van der Waals surface area contributed by atoms with Crippen molar-refractivity contribution in [3.05, 3.63) is 125 Å². The van der Waals surface area contributed by atoms with Crippen LogP contribution < -0.4 is 10.9 Å². The van der Waals surface area contributed by atoms with Crippen LogP contribution in [0.25, 0.3) is 44.2 Å². The van der Waals surface area contributed by atoms with E-state index < -0.39 is 11.4 Å². The molecule has 0 amide bonds. The lowest BCUT2D eigenvalue weighted by Gasteiger charge is -2.14. The standard InChI is InChI=1S/C26H20FN3O3.C12H16N2/c1-16(31)15-30-25(20-7-2-4-8-21(20)27)29-14-22(26(30)32)28-13-17-10-11-19-18-6-3-5-9-23(18)33-24(19)12-17;1-3-9(2)6-11-7-10-8-13-5-4-12(10)14-11/h2-12,14,28H,13,15H2,1H3;4-5,7-9,14H,3,6H2,1-2H3. The largest absolute Gasteiger partial charge is 0.456 e. The highest BCUT2D eigenvalue weighted by Crippen LogP contribution is 2.29. The molecule has 0 fully saturated rings. The van der Waals surface area contributed by atoms with Gasteiger partial charge in [-0.15, -0.1) is 0 Å². The van der Waals surface area contributed by atoms with Crippen LogP contribution in [0.1, 0.15) is 38.4 Å². The fraction of sp³-hybridized carbons (Fsp3) is 0.211. The average Bonchev–Trinajstić information content (AvgIpc) is 3.66. The molecule has 8 nitrogen and oxygen atoms in total. The lowest BCUT2D eigenvalue weighted by molar-refractivity contribution is -0.117. The lowest BCUT2D eigenvalue weighted by atomic mass is 10.0. The molecule has 47 heavy (non-hydrogen) atoms. The number of nitrogens with zero attached hydrogens (tertiary/aromatic N) is 3. The van der Waals surface area contributed by atoms with Crippen LogP contribution >= 0.6 is 0 Å². The van der Waals surface area contributed by atoms with Crippen molar-refractivity contribution in [2.45, 2.75) is 46.7 Å². The fourth-order valence-corrected chi connectivity index (χ4v) is 5.58. The predicted octanol–water partition coefficient (Wildman–Crippen LogP) is 8.30. The molecule has 7 rings (SSSR count). The third-order valence-corrected chi connectivity index (χ3v) is 8.21. The normalized spacial score (nSPS) is 11.8. The number of halogens is 1. The van der Waals surface area contributed by atoms with E-state index in [1.807, 2.05) is 60.9 Å². The van der Waals surface area contributed by atoms with Gasteiger partial charge in [-0.3, -0.25) is 19.1 Å². The number of anilines is 1. The van der Waals surface area contributed by atoms with Crippen LogP contribution in [0.4, 0.5) is 10.1 Å². The average molecular weight is 630 g/mol. The molecule has 9 heteroatoms. The number of rotatable bonds is 9. The zero-order valence-corrected chi connectivity index (χ0v) is 26.6. The van der Waals surface area contributed by atoms with Crippen molar-refractivity contribution in [1.29, 1.82) is 0 Å². The summed E-state index contributed by atoms with van der Waals surface area (Å²) in [5.74, 6) is 0.115. The maximum Gasteiger partial charge on any atom is 0.277 e. The molecule has 1 unspecified atom stereocenters. The number of H-pyrrole nitrogens is 1. The number of aromatic amines is 1. The maximum atomic E-state index is 14.3. The van der Waals surface area contributed by atoms with Crippen molar-refractivity contribution < 1.29 is 13.6 Å². The molecular formula is C38H36FN5O3. The van der Waals surface area contributed by atoms with E-state index >= 15 is 0 Å². The van der Waals surface area contributed by atoms with Crippen molar-refractivity contribution in [2.24, 2.45) is 5.92 Å². The van der Waals surface area contributed by atoms with Crippen molar-refractivity contribution in [2.75, 3.05) is 5.32 Å². The molecule has 238 valence electrons. The molecule has 0 aliphatic carbocycles. The minimum absolute atomic E-state index is 0.113. The quantitative estimate of drug-likeness (QED) is 0.166. The van der Waals surface area contributed by atoms with Crippen molar-refractivity contribution >= 4 is 44.3 Å². The van der Waals surface area contributed by atoms with E-state index in [0.29, 0.717) is 6.54 Å². The number of benzene rings is 3. The number of hydrogen-bond acceptors (Lipinski definition) is 6. The van der Waals surface area contributed by atoms with Gasteiger partial charge >= 0.3 is 0 Å². The van der Waals surface area contributed by atoms with Gasteiger partial charge in [0.1, 0.15) is 34.3 Å². The second-order valence-electron chi connectivity index (χ2n) is 11.8. The Morgan fingerprint density at radius 3 is 2.57 bits per heavy atom. The Hall–Kier alpha value is -5.57. The van der Waals surface area contributed by atoms with Gasteiger partial charge in [0.25, 0.3) is 5.56 Å². The predicted molar refractivity (Wildman–Crippen MR) is 185 cm³/mol. The number of carbonyl (C=O) groups is 1. The van der Waals surface area contributed by atoms with Crippen LogP contribution in [0.15, 0.2) is 107 Å². The minimum Gasteiger partial charge on any atom is -0.456 e. The molecule has 7 aromatic rings. The van der Waals surface area contributed by atoms with Crippen LogP contribution in [-0.2, 0) is 24.3 Å². The molecule has 4 heterocycles. The van der Waals surface area contributed by atoms with E-state index in [4.69, 9.17) is 4.42 Å². The molecule has 0 aliphatic heterocycles. The highest BCUT2D eigenvalue weighted by atomic mass is 19.1. The Morgan fingerprint density at radius 2 is 1.79 bits per heavy atom. The van der Waals surface area contributed by atoms with E-state index in [-0.39, 0.29) is 29.4 Å². The Kier molecular flexibility index (Phi) is 9.24. The molecule has 4 aromatic heterocycles. The molecular weight excluding hydrogens is 593 g/mol. The number of para-hydroxylation sites is 1. The summed E-state index contributed by atoms with van der Waals surface area (Å²) in [6.45, 7) is 6.04. The SMILES string of the molecule is CC(=O)Cn1c(-c2ccccc2F)ncc(NCc2ccc3c(c2)oc2ccccc23)c1=O.CCC(C)Cc1cc2cnccc2[nH]1. The number of fused-ring (bicyclic) bond motifs is 4. The second-order valence-corrected chi connectivity index (χ2v) is 11.8. The first-order valence-electron chi connectivity index (χ1n) is 15.7. The van der Waals surface area contributed by atoms with Crippen LogP contribution in [0.3, 0.4) is 0 Å². The first kappa shape index (κ1) is 31.4. The molecule has 0 aliphatic rings. The monoisotopic (exact) mass is 629 g/mol. The molecule has 1 atom stereocenters. The number of Topliss-reactive ketones (excluding diaryl/α,β-unsaturated/α-hetero) is 1. The number of hydrogen-bond donors (Lipinski definition) is 2. The molecule has 0 radical (unpaired) electrons. The van der Waals surface area contributed by atoms with Crippen molar-refractivity contribution in [3.8, 4) is 11.4 Å². The maximum absolute atomic E-state index is 14.3. The summed E-state index contributed by atoms with van der Waals surface area (Å²) in [7, 11) is 0. The number of pyridine rings is 1. The van der Waals surface area contributed by atoms with E-state index in [2.05, 4.69) is 40.2 Å². The number of nitrogens with one attached hydrogen (secondary N) is 2. The summed E-state index contributed by atoms with van der Waals surface area (Å²) < 4.78 is 21.5. The summed E-state index contributed by atoms with van der Waals surface area (Å²) >= 11 is 0. The number of aromatic nitrogens is 4. The first-order valence-corrected chi connectivity index (χ1v) is 15.7. The van der Waals surface area contributed by atoms with Crippen LogP contribution in [0, 0.1) is 11.7 Å². The van der Waals surface area contributed by atoms with E-state index in [1.165, 1.54) is 52.8 Å². The molecule has 2 N–H and O–H groups in total. The molecule has 0 saturated carbocycles. The molecule has 3 aromatic carbocycles. The fourth-order valence-electron chi connectivity index (χ4n) is 5.58. The van der Waals surface area contributed by atoms with Crippen LogP contribution in [0.5, 0.6) is 0 Å². The Bertz CT molecular complexity index is 2220. The molecule has 0 saturated heterocycles. The van der Waals surface area contributed by atoms with Gasteiger partial charge in [-0.1, -0.05) is 62.7 Å². The van der Waals surface area contributed by atoms with Crippen LogP contribution in [0.2, 0.25) is 0 Å². The number of carbonyl (C=O) groups excluding carboxylic acids is 1. The molecule has 0 spiro atoms. The third-order valence-electron chi connectivity index (χ3n) is 8.21. The van der Waals surface area contributed by atoms with Crippen LogP contribution in [-0.4, -0.2) is 25.3 Å². The minimum atomic E-state index is -0.512. The van der Waals surface area contributed by atoms with Gasteiger partial charge in [-0.2, -0.15) is 0 Å². The van der Waals surface area contributed by atoms with Gasteiger partial charge in [-0.25, -0.2) is 9.37 Å². The zero-order valence-electron chi connectivity index (χ0n) is 26.6. The van der Waals surface area contributed by atoms with Crippen molar-refractivity contribution in [1.82, 2.24) is 19.5 Å². The summed E-state index contributed by atoms with van der Waals surface area (Å²) in [5, 5.41) is 6.38.